The maximum absolute atomic E-state index is 13.9. The van der Waals surface area contributed by atoms with Gasteiger partial charge in [-0.2, -0.15) is 5.10 Å². The topological polar surface area (TPSA) is 54.7 Å². The van der Waals surface area contributed by atoms with Gasteiger partial charge in [-0.1, -0.05) is 18.2 Å². The number of rotatable bonds is 2. The number of halogens is 3. The number of aromatic amines is 1. The van der Waals surface area contributed by atoms with Gasteiger partial charge < -0.3 is 5.73 Å². The highest BCUT2D eigenvalue weighted by atomic mass is 19.2. The highest BCUT2D eigenvalue weighted by Crippen LogP contribution is 2.36. The Bertz CT molecular complexity index is 794. The monoisotopic (exact) mass is 289 g/mol. The van der Waals surface area contributed by atoms with E-state index in [0.717, 1.165) is 6.07 Å². The minimum absolute atomic E-state index is 0.0125. The number of nitrogens with two attached hydrogens (primary N) is 1. The van der Waals surface area contributed by atoms with E-state index in [4.69, 9.17) is 5.73 Å². The van der Waals surface area contributed by atoms with Crippen LogP contribution in [0.15, 0.2) is 42.5 Å². The first-order valence-corrected chi connectivity index (χ1v) is 6.12. The molecule has 0 saturated heterocycles. The molecule has 3 nitrogen and oxygen atoms in total. The molecule has 2 aromatic carbocycles. The summed E-state index contributed by atoms with van der Waals surface area (Å²) in [4.78, 5) is 0. The number of benzene rings is 2. The van der Waals surface area contributed by atoms with Crippen LogP contribution < -0.4 is 5.73 Å². The van der Waals surface area contributed by atoms with Gasteiger partial charge in [0.05, 0.1) is 11.3 Å². The van der Waals surface area contributed by atoms with Crippen LogP contribution in [-0.4, -0.2) is 10.2 Å². The maximum atomic E-state index is 13.9. The van der Waals surface area contributed by atoms with Crippen molar-refractivity contribution in [2.75, 3.05) is 5.73 Å². The van der Waals surface area contributed by atoms with E-state index in [1.165, 1.54) is 36.4 Å². The van der Waals surface area contributed by atoms with Crippen molar-refractivity contribution in [2.45, 2.75) is 0 Å². The van der Waals surface area contributed by atoms with Crippen LogP contribution in [0.3, 0.4) is 0 Å². The molecule has 0 bridgehead atoms. The average molecular weight is 289 g/mol. The van der Waals surface area contributed by atoms with Crippen molar-refractivity contribution >= 4 is 5.82 Å². The third-order valence-electron chi connectivity index (χ3n) is 3.15. The molecule has 0 aliphatic carbocycles. The molecular formula is C15H10F3N3. The third-order valence-corrected chi connectivity index (χ3v) is 3.15. The molecular weight excluding hydrogens is 279 g/mol. The fourth-order valence-electron chi connectivity index (χ4n) is 2.16. The van der Waals surface area contributed by atoms with Crippen molar-refractivity contribution < 1.29 is 13.2 Å². The molecule has 3 aromatic rings. The highest BCUT2D eigenvalue weighted by molar-refractivity contribution is 5.87. The molecule has 6 heteroatoms. The van der Waals surface area contributed by atoms with Gasteiger partial charge >= 0.3 is 0 Å². The molecule has 0 fully saturated rings. The minimum atomic E-state index is -0.996. The number of aromatic nitrogens is 2. The molecule has 0 radical (unpaired) electrons. The quantitative estimate of drug-likeness (QED) is 0.755. The molecule has 0 saturated carbocycles. The summed E-state index contributed by atoms with van der Waals surface area (Å²) in [6.07, 6.45) is 0. The van der Waals surface area contributed by atoms with Gasteiger partial charge in [-0.25, -0.2) is 13.2 Å². The van der Waals surface area contributed by atoms with Crippen LogP contribution in [0.4, 0.5) is 19.0 Å². The smallest absolute Gasteiger partial charge is 0.168 e. The summed E-state index contributed by atoms with van der Waals surface area (Å²) >= 11 is 0. The zero-order valence-corrected chi connectivity index (χ0v) is 10.7. The van der Waals surface area contributed by atoms with E-state index in [0.29, 0.717) is 11.1 Å². The predicted octanol–water partition coefficient (Wildman–Crippen LogP) is 3.74. The van der Waals surface area contributed by atoms with Crippen molar-refractivity contribution in [1.82, 2.24) is 10.2 Å². The van der Waals surface area contributed by atoms with Crippen LogP contribution in [0.25, 0.3) is 22.4 Å². The average Bonchev–Trinajstić information content (AvgIpc) is 2.85. The van der Waals surface area contributed by atoms with Crippen molar-refractivity contribution in [2.24, 2.45) is 0 Å². The van der Waals surface area contributed by atoms with Gasteiger partial charge in [0.25, 0.3) is 0 Å². The lowest BCUT2D eigenvalue weighted by molar-refractivity contribution is 0.511. The molecule has 0 aliphatic heterocycles. The van der Waals surface area contributed by atoms with E-state index in [1.807, 2.05) is 0 Å². The molecule has 0 atom stereocenters. The number of nitrogens with zero attached hydrogens (tertiary/aromatic N) is 1. The van der Waals surface area contributed by atoms with Gasteiger partial charge in [-0.05, 0) is 29.8 Å². The second kappa shape index (κ2) is 4.97. The van der Waals surface area contributed by atoms with Crippen LogP contribution in [0.1, 0.15) is 0 Å². The summed E-state index contributed by atoms with van der Waals surface area (Å²) < 4.78 is 40.3. The summed E-state index contributed by atoms with van der Waals surface area (Å²) in [5.41, 5.74) is 7.00. The molecule has 3 N–H and O–H groups in total. The third kappa shape index (κ3) is 2.24. The van der Waals surface area contributed by atoms with Crippen molar-refractivity contribution in [1.29, 1.82) is 0 Å². The number of hydrogen-bond acceptors (Lipinski definition) is 2. The fourth-order valence-corrected chi connectivity index (χ4v) is 2.16. The second-order valence-corrected chi connectivity index (χ2v) is 4.47. The van der Waals surface area contributed by atoms with Crippen LogP contribution in [-0.2, 0) is 0 Å². The highest BCUT2D eigenvalue weighted by Gasteiger charge is 2.19. The Kier molecular flexibility index (Phi) is 3.13. The number of H-pyrrole nitrogens is 1. The summed E-state index contributed by atoms with van der Waals surface area (Å²) in [7, 11) is 0. The Hall–Kier alpha value is -2.76. The standard InChI is InChI=1S/C15H10F3N3/c16-9-6-4-8(5-7-9)12-14(20-21-15(12)19)10-2-1-3-11(17)13(10)18/h1-7H,(H3,19,20,21). The molecule has 1 heterocycles. The molecule has 3 rings (SSSR count). The Balaban J connectivity index is 2.22. The van der Waals surface area contributed by atoms with Crippen molar-refractivity contribution in [3.05, 3.63) is 59.9 Å². The van der Waals surface area contributed by atoms with Crippen LogP contribution >= 0.6 is 0 Å². The molecule has 0 unspecified atom stereocenters. The Morgan fingerprint density at radius 3 is 2.38 bits per heavy atom. The molecule has 21 heavy (non-hydrogen) atoms. The zero-order valence-electron chi connectivity index (χ0n) is 10.7. The summed E-state index contributed by atoms with van der Waals surface area (Å²) in [6, 6.07) is 9.34. The van der Waals surface area contributed by atoms with Crippen LogP contribution in [0.5, 0.6) is 0 Å². The van der Waals surface area contributed by atoms with E-state index in [1.54, 1.807) is 0 Å². The predicted molar refractivity (Wildman–Crippen MR) is 73.7 cm³/mol. The number of nitrogen functional groups attached to an aromatic ring is 1. The molecule has 0 aliphatic rings. The first kappa shape index (κ1) is 13.2. The van der Waals surface area contributed by atoms with Crippen molar-refractivity contribution in [3.8, 4) is 22.4 Å². The summed E-state index contributed by atoms with van der Waals surface area (Å²) in [5.74, 6) is -2.24. The van der Waals surface area contributed by atoms with Gasteiger partial charge in [0, 0.05) is 5.56 Å². The number of hydrogen-bond donors (Lipinski definition) is 2. The molecule has 0 spiro atoms. The maximum Gasteiger partial charge on any atom is 0.168 e. The first-order chi connectivity index (χ1) is 10.1. The first-order valence-electron chi connectivity index (χ1n) is 6.12. The van der Waals surface area contributed by atoms with Gasteiger partial charge in [0.15, 0.2) is 17.5 Å². The minimum Gasteiger partial charge on any atom is -0.382 e. The second-order valence-electron chi connectivity index (χ2n) is 4.47. The lowest BCUT2D eigenvalue weighted by atomic mass is 10.0. The zero-order chi connectivity index (χ0) is 15.0. The van der Waals surface area contributed by atoms with Crippen LogP contribution in [0.2, 0.25) is 0 Å². The number of nitrogens with one attached hydrogen (secondary N) is 1. The van der Waals surface area contributed by atoms with E-state index in [2.05, 4.69) is 10.2 Å². The van der Waals surface area contributed by atoms with E-state index in [9.17, 15) is 13.2 Å². The molecule has 0 amide bonds. The van der Waals surface area contributed by atoms with Gasteiger partial charge in [0.2, 0.25) is 0 Å². The lowest BCUT2D eigenvalue weighted by Gasteiger charge is -2.06. The Morgan fingerprint density at radius 2 is 1.67 bits per heavy atom. The summed E-state index contributed by atoms with van der Waals surface area (Å²) in [6.45, 7) is 0. The lowest BCUT2D eigenvalue weighted by Crippen LogP contribution is -1.92. The van der Waals surface area contributed by atoms with Crippen LogP contribution in [0, 0.1) is 17.5 Å². The largest absolute Gasteiger partial charge is 0.382 e. The van der Waals surface area contributed by atoms with Gasteiger partial charge in [-0.15, -0.1) is 0 Å². The van der Waals surface area contributed by atoms with Gasteiger partial charge in [0.1, 0.15) is 5.82 Å². The van der Waals surface area contributed by atoms with E-state index < -0.39 is 17.5 Å². The number of anilines is 1. The Morgan fingerprint density at radius 1 is 0.952 bits per heavy atom. The van der Waals surface area contributed by atoms with E-state index >= 15 is 0 Å². The molecule has 1 aromatic heterocycles. The fraction of sp³-hybridized carbons (Fsp3) is 0. The van der Waals surface area contributed by atoms with E-state index in [-0.39, 0.29) is 17.1 Å². The SMILES string of the molecule is Nc1n[nH]c(-c2cccc(F)c2F)c1-c1ccc(F)cc1. The molecule has 106 valence electrons. The van der Waals surface area contributed by atoms with Crippen molar-refractivity contribution in [3.63, 3.8) is 0 Å². The Labute approximate surface area is 118 Å². The van der Waals surface area contributed by atoms with Gasteiger partial charge in [-0.3, -0.25) is 5.10 Å². The summed E-state index contributed by atoms with van der Waals surface area (Å²) in [5, 5.41) is 6.43. The normalized spacial score (nSPS) is 10.8.